The van der Waals surface area contributed by atoms with Crippen LogP contribution in [-0.2, 0) is 13.0 Å². The van der Waals surface area contributed by atoms with E-state index in [-0.39, 0.29) is 19.1 Å². The van der Waals surface area contributed by atoms with Gasteiger partial charge in [-0.25, -0.2) is 0 Å². The second kappa shape index (κ2) is 15.1. The molecule has 2 aromatic rings. The van der Waals surface area contributed by atoms with Gasteiger partial charge >= 0.3 is 0 Å². The molecule has 0 saturated carbocycles. The van der Waals surface area contributed by atoms with Gasteiger partial charge < -0.3 is 29.0 Å². The van der Waals surface area contributed by atoms with E-state index in [9.17, 15) is 5.11 Å². The minimum absolute atomic E-state index is 0.0153. The van der Waals surface area contributed by atoms with Crippen LogP contribution in [0.25, 0.3) is 0 Å². The number of nitrogens with zero attached hydrogens (tertiary/aromatic N) is 2. The van der Waals surface area contributed by atoms with E-state index in [4.69, 9.17) is 24.2 Å². The molecule has 1 unspecified atom stereocenters. The Hall–Kier alpha value is -2.95. The fourth-order valence-electron chi connectivity index (χ4n) is 3.89. The van der Waals surface area contributed by atoms with Crippen molar-refractivity contribution in [1.82, 2.24) is 4.90 Å². The standard InChI is InChI=1S/C28H40N2O5/c1-21(2)25(35-27-19-22(12-13-29)18-26(32-4)28(27)33-5)11-7-14-30(3)15-8-16-34-24-10-6-9-23(17-24)20-31/h6,9-10,17-19,21,25,31H,7-8,11-12,14-16,20H2,1-5H3. The Balaban J connectivity index is 1.84. The van der Waals surface area contributed by atoms with Crippen LogP contribution in [0.3, 0.4) is 0 Å². The van der Waals surface area contributed by atoms with Crippen molar-refractivity contribution in [3.05, 3.63) is 47.5 Å². The van der Waals surface area contributed by atoms with Crippen LogP contribution in [0, 0.1) is 17.2 Å². The summed E-state index contributed by atoms with van der Waals surface area (Å²) in [5, 5.41) is 18.3. The van der Waals surface area contributed by atoms with Gasteiger partial charge in [0.25, 0.3) is 0 Å². The average Bonchev–Trinajstić information content (AvgIpc) is 2.85. The molecule has 0 heterocycles. The maximum Gasteiger partial charge on any atom is 0.203 e. The number of rotatable bonds is 16. The summed E-state index contributed by atoms with van der Waals surface area (Å²) in [6, 6.07) is 13.4. The number of ether oxygens (including phenoxy) is 4. The lowest BCUT2D eigenvalue weighted by atomic mass is 10.0. The van der Waals surface area contributed by atoms with Crippen LogP contribution in [0.2, 0.25) is 0 Å². The summed E-state index contributed by atoms with van der Waals surface area (Å²) in [5.41, 5.74) is 1.70. The highest BCUT2D eigenvalue weighted by Crippen LogP contribution is 2.40. The highest BCUT2D eigenvalue weighted by Gasteiger charge is 2.21. The zero-order chi connectivity index (χ0) is 25.6. The van der Waals surface area contributed by atoms with Gasteiger partial charge in [-0.15, -0.1) is 0 Å². The zero-order valence-corrected chi connectivity index (χ0v) is 21.8. The van der Waals surface area contributed by atoms with Crippen molar-refractivity contribution in [3.8, 4) is 29.1 Å². The van der Waals surface area contributed by atoms with Gasteiger partial charge in [0.2, 0.25) is 5.75 Å². The topological polar surface area (TPSA) is 84.2 Å². The maximum absolute atomic E-state index is 9.23. The summed E-state index contributed by atoms with van der Waals surface area (Å²) < 4.78 is 23.2. The summed E-state index contributed by atoms with van der Waals surface area (Å²) in [6.45, 7) is 6.86. The Kier molecular flexibility index (Phi) is 12.2. The third kappa shape index (κ3) is 9.31. The number of hydrogen-bond acceptors (Lipinski definition) is 7. The van der Waals surface area contributed by atoms with Gasteiger partial charge in [0.05, 0.1) is 39.9 Å². The van der Waals surface area contributed by atoms with Crippen LogP contribution in [0.4, 0.5) is 0 Å². The number of aliphatic hydroxyl groups excluding tert-OH is 1. The molecule has 0 aliphatic carbocycles. The van der Waals surface area contributed by atoms with Gasteiger partial charge in [-0.1, -0.05) is 26.0 Å². The van der Waals surface area contributed by atoms with Crippen molar-refractivity contribution in [2.45, 2.75) is 52.2 Å². The number of hydrogen-bond donors (Lipinski definition) is 1. The van der Waals surface area contributed by atoms with E-state index in [0.717, 1.165) is 49.2 Å². The second-order valence-corrected chi connectivity index (χ2v) is 9.02. The summed E-state index contributed by atoms with van der Waals surface area (Å²) in [7, 11) is 5.31. The first-order valence-electron chi connectivity index (χ1n) is 12.2. The van der Waals surface area contributed by atoms with E-state index in [0.29, 0.717) is 29.8 Å². The molecule has 192 valence electrons. The lowest BCUT2D eigenvalue weighted by molar-refractivity contribution is 0.129. The first kappa shape index (κ1) is 28.3. The normalized spacial score (nSPS) is 11.9. The van der Waals surface area contributed by atoms with Crippen LogP contribution >= 0.6 is 0 Å². The monoisotopic (exact) mass is 484 g/mol. The molecule has 7 heteroatoms. The van der Waals surface area contributed by atoms with Crippen LogP contribution in [0.15, 0.2) is 36.4 Å². The second-order valence-electron chi connectivity index (χ2n) is 9.02. The Morgan fingerprint density at radius 3 is 2.40 bits per heavy atom. The van der Waals surface area contributed by atoms with E-state index in [1.165, 1.54) is 0 Å². The van der Waals surface area contributed by atoms with E-state index >= 15 is 0 Å². The lowest BCUT2D eigenvalue weighted by Gasteiger charge is -2.26. The van der Waals surface area contributed by atoms with Gasteiger partial charge in [-0.2, -0.15) is 5.26 Å². The molecular weight excluding hydrogens is 444 g/mol. The molecule has 1 N–H and O–H groups in total. The number of nitriles is 1. The Labute approximate surface area is 210 Å². The molecule has 0 aromatic heterocycles. The van der Waals surface area contributed by atoms with Crippen LogP contribution in [0.5, 0.6) is 23.0 Å². The molecule has 7 nitrogen and oxygen atoms in total. The molecule has 1 atom stereocenters. The van der Waals surface area contributed by atoms with Crippen LogP contribution in [-0.4, -0.2) is 57.1 Å². The molecule has 0 aliphatic rings. The molecule has 2 aromatic carbocycles. The van der Waals surface area contributed by atoms with Gasteiger partial charge in [-0.3, -0.25) is 0 Å². The highest BCUT2D eigenvalue weighted by molar-refractivity contribution is 5.54. The van der Waals surface area contributed by atoms with Gasteiger partial charge in [0.1, 0.15) is 11.9 Å². The summed E-state index contributed by atoms with van der Waals surface area (Å²) in [6.07, 6.45) is 3.12. The SMILES string of the molecule is COc1cc(CC#N)cc(OC(CCCN(C)CCCOc2cccc(CO)c2)C(C)C)c1OC. The zero-order valence-electron chi connectivity index (χ0n) is 21.8. The number of aliphatic hydroxyl groups is 1. The quantitative estimate of drug-likeness (QED) is 0.341. The van der Waals surface area contributed by atoms with Crippen molar-refractivity contribution >= 4 is 0 Å². The predicted octanol–water partition coefficient (Wildman–Crippen LogP) is 4.85. The summed E-state index contributed by atoms with van der Waals surface area (Å²) in [5.74, 6) is 2.86. The molecule has 2 rings (SSSR count). The summed E-state index contributed by atoms with van der Waals surface area (Å²) in [4.78, 5) is 2.31. The molecule has 0 saturated heterocycles. The van der Waals surface area contributed by atoms with Crippen molar-refractivity contribution in [2.75, 3.05) is 41.0 Å². The van der Waals surface area contributed by atoms with Crippen molar-refractivity contribution in [2.24, 2.45) is 5.92 Å². The maximum atomic E-state index is 9.23. The van der Waals surface area contributed by atoms with Gasteiger partial charge in [0, 0.05) is 6.54 Å². The average molecular weight is 485 g/mol. The fraction of sp³-hybridized carbons (Fsp3) is 0.536. The Morgan fingerprint density at radius 1 is 1.00 bits per heavy atom. The van der Waals surface area contributed by atoms with Crippen LogP contribution < -0.4 is 18.9 Å². The third-order valence-corrected chi connectivity index (χ3v) is 5.87. The van der Waals surface area contributed by atoms with E-state index < -0.39 is 0 Å². The highest BCUT2D eigenvalue weighted by atomic mass is 16.5. The van der Waals surface area contributed by atoms with E-state index in [1.807, 2.05) is 36.4 Å². The molecule has 0 bridgehead atoms. The molecule has 0 amide bonds. The molecular formula is C28H40N2O5. The van der Waals surface area contributed by atoms with Gasteiger partial charge in [-0.05, 0) is 74.2 Å². The smallest absolute Gasteiger partial charge is 0.203 e. The van der Waals surface area contributed by atoms with Crippen molar-refractivity contribution in [3.63, 3.8) is 0 Å². The third-order valence-electron chi connectivity index (χ3n) is 5.87. The minimum atomic E-state index is 0.0153. The van der Waals surface area contributed by atoms with Crippen LogP contribution in [0.1, 0.15) is 44.2 Å². The predicted molar refractivity (Wildman–Crippen MR) is 137 cm³/mol. The largest absolute Gasteiger partial charge is 0.494 e. The van der Waals surface area contributed by atoms with E-state index in [2.05, 4.69) is 31.9 Å². The van der Waals surface area contributed by atoms with Crippen molar-refractivity contribution < 1.29 is 24.1 Å². The Bertz CT molecular complexity index is 941. The minimum Gasteiger partial charge on any atom is -0.494 e. The molecule has 0 fully saturated rings. The first-order valence-corrected chi connectivity index (χ1v) is 12.2. The molecule has 35 heavy (non-hydrogen) atoms. The molecule has 0 radical (unpaired) electrons. The summed E-state index contributed by atoms with van der Waals surface area (Å²) >= 11 is 0. The first-order chi connectivity index (χ1) is 16.9. The Morgan fingerprint density at radius 2 is 1.74 bits per heavy atom. The molecule has 0 aliphatic heterocycles. The number of benzene rings is 2. The fourth-order valence-corrected chi connectivity index (χ4v) is 3.89. The lowest BCUT2D eigenvalue weighted by Crippen LogP contribution is -2.27. The van der Waals surface area contributed by atoms with E-state index in [1.54, 1.807) is 14.2 Å². The van der Waals surface area contributed by atoms with Gasteiger partial charge in [0.15, 0.2) is 11.5 Å². The number of methoxy groups -OCH3 is 2. The molecule has 0 spiro atoms. The van der Waals surface area contributed by atoms with Crippen molar-refractivity contribution in [1.29, 1.82) is 5.26 Å².